The number of benzene rings is 2. The van der Waals surface area contributed by atoms with Crippen molar-refractivity contribution < 1.29 is 32.2 Å². The maximum atomic E-state index is 13.0. The van der Waals surface area contributed by atoms with Crippen LogP contribution in [-0.2, 0) is 14.8 Å². The molecule has 178 valence electrons. The monoisotopic (exact) mass is 475 g/mol. The normalized spacial score (nSPS) is 15.5. The molecule has 1 atom stereocenters. The van der Waals surface area contributed by atoms with E-state index >= 15 is 0 Å². The lowest BCUT2D eigenvalue weighted by Gasteiger charge is -2.26. The lowest BCUT2D eigenvalue weighted by atomic mass is 10.1. The Kier molecular flexibility index (Phi) is 7.76. The van der Waals surface area contributed by atoms with E-state index in [-0.39, 0.29) is 16.0 Å². The van der Waals surface area contributed by atoms with Gasteiger partial charge < -0.3 is 14.2 Å². The molecule has 1 fully saturated rings. The number of carbonyl (C=O) groups excluding carboxylic acids is 2. The number of Topliss-reactive ketones (excluding diaryl/α,β-unsaturated/α-hetero) is 1. The number of carbonyl (C=O) groups is 2. The minimum Gasteiger partial charge on any atom is -0.497 e. The summed E-state index contributed by atoms with van der Waals surface area (Å²) in [5.74, 6) is -0.391. The fourth-order valence-corrected chi connectivity index (χ4v) is 5.28. The summed E-state index contributed by atoms with van der Waals surface area (Å²) < 4.78 is 43.3. The first-order valence-electron chi connectivity index (χ1n) is 10.8. The standard InChI is InChI=1S/C24H29NO7S/c1-16-8-10-19(33(28,29)25-12-6-5-7-13-25)15-21(16)24(27)32-17(2)23(26)20-11-9-18(30-3)14-22(20)31-4/h8-11,14-15,17H,5-7,12-13H2,1-4H3/t17-/m1/s1. The molecule has 0 aliphatic carbocycles. The molecule has 1 saturated heterocycles. The maximum absolute atomic E-state index is 13.0. The number of ketones is 1. The summed E-state index contributed by atoms with van der Waals surface area (Å²) in [6, 6.07) is 9.12. The summed E-state index contributed by atoms with van der Waals surface area (Å²) in [7, 11) is -0.775. The van der Waals surface area contributed by atoms with Crippen molar-refractivity contribution in [1.82, 2.24) is 4.31 Å². The van der Waals surface area contributed by atoms with Gasteiger partial charge in [-0.2, -0.15) is 4.31 Å². The topological polar surface area (TPSA) is 99.2 Å². The van der Waals surface area contributed by atoms with E-state index in [9.17, 15) is 18.0 Å². The zero-order valence-corrected chi connectivity index (χ0v) is 20.1. The van der Waals surface area contributed by atoms with Gasteiger partial charge in [0.2, 0.25) is 15.8 Å². The molecule has 0 N–H and O–H groups in total. The van der Waals surface area contributed by atoms with Crippen LogP contribution in [0.25, 0.3) is 0 Å². The molecule has 0 radical (unpaired) electrons. The summed E-state index contributed by atoms with van der Waals surface area (Å²) in [4.78, 5) is 25.8. The van der Waals surface area contributed by atoms with Gasteiger partial charge in [-0.3, -0.25) is 4.79 Å². The Morgan fingerprint density at radius 3 is 2.27 bits per heavy atom. The van der Waals surface area contributed by atoms with Crippen LogP contribution in [-0.4, -0.2) is 57.9 Å². The fraction of sp³-hybridized carbons (Fsp3) is 0.417. The van der Waals surface area contributed by atoms with Crippen molar-refractivity contribution in [3.8, 4) is 11.5 Å². The van der Waals surface area contributed by atoms with E-state index in [0.717, 1.165) is 19.3 Å². The number of rotatable bonds is 8. The molecule has 2 aromatic carbocycles. The number of sulfonamides is 1. The second-order valence-corrected chi connectivity index (χ2v) is 9.86. The van der Waals surface area contributed by atoms with Crippen molar-refractivity contribution in [3.63, 3.8) is 0 Å². The van der Waals surface area contributed by atoms with Gasteiger partial charge in [-0.05, 0) is 56.5 Å². The number of hydrogen-bond acceptors (Lipinski definition) is 7. The number of esters is 1. The van der Waals surface area contributed by atoms with E-state index in [1.165, 1.54) is 37.6 Å². The van der Waals surface area contributed by atoms with Crippen molar-refractivity contribution in [3.05, 3.63) is 53.1 Å². The SMILES string of the molecule is COc1ccc(C(=O)[C@@H](C)OC(=O)c2cc(S(=O)(=O)N3CCCCC3)ccc2C)c(OC)c1. The fourth-order valence-electron chi connectivity index (χ4n) is 3.73. The number of hydrogen-bond donors (Lipinski definition) is 0. The summed E-state index contributed by atoms with van der Waals surface area (Å²) in [6.45, 7) is 4.08. The zero-order valence-electron chi connectivity index (χ0n) is 19.3. The maximum Gasteiger partial charge on any atom is 0.339 e. The third-order valence-electron chi connectivity index (χ3n) is 5.71. The number of ether oxygens (including phenoxy) is 3. The van der Waals surface area contributed by atoms with Crippen molar-refractivity contribution in [2.24, 2.45) is 0 Å². The molecule has 0 aromatic heterocycles. The molecule has 8 nitrogen and oxygen atoms in total. The Morgan fingerprint density at radius 2 is 1.64 bits per heavy atom. The van der Waals surface area contributed by atoms with Crippen LogP contribution in [0.5, 0.6) is 11.5 Å². The van der Waals surface area contributed by atoms with Crippen molar-refractivity contribution in [2.45, 2.75) is 44.1 Å². The summed E-state index contributed by atoms with van der Waals surface area (Å²) in [5, 5.41) is 0. The van der Waals surface area contributed by atoms with Crippen LogP contribution < -0.4 is 9.47 Å². The molecule has 9 heteroatoms. The zero-order chi connectivity index (χ0) is 24.2. The number of aryl methyl sites for hydroxylation is 1. The molecule has 0 amide bonds. The Balaban J connectivity index is 1.81. The number of nitrogens with zero attached hydrogens (tertiary/aromatic N) is 1. The summed E-state index contributed by atoms with van der Waals surface area (Å²) >= 11 is 0. The predicted molar refractivity (Wildman–Crippen MR) is 123 cm³/mol. The van der Waals surface area contributed by atoms with E-state index in [1.54, 1.807) is 31.2 Å². The predicted octanol–water partition coefficient (Wildman–Crippen LogP) is 3.62. The van der Waals surface area contributed by atoms with Crippen LogP contribution in [0.3, 0.4) is 0 Å². The molecule has 2 aromatic rings. The van der Waals surface area contributed by atoms with Crippen LogP contribution in [0.1, 0.15) is 52.5 Å². The average Bonchev–Trinajstić information content (AvgIpc) is 2.83. The van der Waals surface area contributed by atoms with Gasteiger partial charge in [0.25, 0.3) is 0 Å². The van der Waals surface area contributed by atoms with Crippen LogP contribution in [0.15, 0.2) is 41.3 Å². The number of piperidine rings is 1. The Morgan fingerprint density at radius 1 is 0.939 bits per heavy atom. The molecule has 0 unspecified atom stereocenters. The van der Waals surface area contributed by atoms with Gasteiger partial charge in [0.15, 0.2) is 6.10 Å². The van der Waals surface area contributed by atoms with Crippen molar-refractivity contribution >= 4 is 21.8 Å². The van der Waals surface area contributed by atoms with Gasteiger partial charge in [0.05, 0.1) is 30.2 Å². The smallest absolute Gasteiger partial charge is 0.339 e. The molecule has 0 saturated carbocycles. The van der Waals surface area contributed by atoms with Gasteiger partial charge >= 0.3 is 5.97 Å². The van der Waals surface area contributed by atoms with Gasteiger partial charge in [-0.25, -0.2) is 13.2 Å². The van der Waals surface area contributed by atoms with Crippen LogP contribution in [0, 0.1) is 6.92 Å². The van der Waals surface area contributed by atoms with Gasteiger partial charge in [-0.1, -0.05) is 12.5 Å². The minimum atomic E-state index is -3.71. The first kappa shape index (κ1) is 24.7. The second-order valence-electron chi connectivity index (χ2n) is 7.92. The summed E-state index contributed by atoms with van der Waals surface area (Å²) in [5.41, 5.74) is 0.908. The van der Waals surface area contributed by atoms with Crippen LogP contribution in [0.4, 0.5) is 0 Å². The molecule has 33 heavy (non-hydrogen) atoms. The van der Waals surface area contributed by atoms with E-state index in [4.69, 9.17) is 14.2 Å². The van der Waals surface area contributed by atoms with Gasteiger partial charge in [0, 0.05) is 19.2 Å². The Bertz CT molecular complexity index is 1140. The van der Waals surface area contributed by atoms with Crippen molar-refractivity contribution in [1.29, 1.82) is 0 Å². The highest BCUT2D eigenvalue weighted by Crippen LogP contribution is 2.27. The molecule has 0 spiro atoms. The van der Waals surface area contributed by atoms with E-state index < -0.39 is 27.9 Å². The minimum absolute atomic E-state index is 0.0396. The van der Waals surface area contributed by atoms with E-state index in [2.05, 4.69) is 0 Å². The highest BCUT2D eigenvalue weighted by molar-refractivity contribution is 7.89. The molecule has 3 rings (SSSR count). The molecular formula is C24H29NO7S. The Hall–Kier alpha value is -2.91. The van der Waals surface area contributed by atoms with Crippen LogP contribution in [0.2, 0.25) is 0 Å². The largest absolute Gasteiger partial charge is 0.497 e. The quantitative estimate of drug-likeness (QED) is 0.425. The first-order valence-corrected chi connectivity index (χ1v) is 12.2. The van der Waals surface area contributed by atoms with Gasteiger partial charge in [0.1, 0.15) is 11.5 Å². The van der Waals surface area contributed by atoms with E-state index in [0.29, 0.717) is 30.2 Å². The van der Waals surface area contributed by atoms with Crippen molar-refractivity contribution in [2.75, 3.05) is 27.3 Å². The lowest BCUT2D eigenvalue weighted by Crippen LogP contribution is -2.35. The molecular weight excluding hydrogens is 446 g/mol. The first-order chi connectivity index (χ1) is 15.7. The van der Waals surface area contributed by atoms with E-state index in [1.807, 2.05) is 0 Å². The molecule has 0 bridgehead atoms. The molecule has 1 heterocycles. The van der Waals surface area contributed by atoms with Crippen LogP contribution >= 0.6 is 0 Å². The highest BCUT2D eigenvalue weighted by Gasteiger charge is 2.29. The summed E-state index contributed by atoms with van der Waals surface area (Å²) in [6.07, 6.45) is 1.52. The molecule has 1 aliphatic rings. The third-order valence-corrected chi connectivity index (χ3v) is 7.60. The highest BCUT2D eigenvalue weighted by atomic mass is 32.2. The lowest BCUT2D eigenvalue weighted by molar-refractivity contribution is 0.0316. The third kappa shape index (κ3) is 5.36. The van der Waals surface area contributed by atoms with Gasteiger partial charge in [-0.15, -0.1) is 0 Å². The Labute approximate surface area is 194 Å². The molecule has 1 aliphatic heterocycles. The second kappa shape index (κ2) is 10.4. The average molecular weight is 476 g/mol. The number of methoxy groups -OCH3 is 2.